The number of nitrogens with zero attached hydrogens (tertiary/aromatic N) is 2. The molecule has 1 aliphatic rings. The van der Waals surface area contributed by atoms with Crippen molar-refractivity contribution >= 4 is 11.8 Å². The van der Waals surface area contributed by atoms with E-state index in [1.165, 1.54) is 10.5 Å². The minimum atomic E-state index is 0.607. The van der Waals surface area contributed by atoms with E-state index < -0.39 is 0 Å². The molecule has 1 aliphatic heterocycles. The largest absolute Gasteiger partial charge is 0.340 e. The summed E-state index contributed by atoms with van der Waals surface area (Å²) in [5.41, 5.74) is 1.46. The lowest BCUT2D eigenvalue weighted by Crippen LogP contribution is -2.24. The van der Waals surface area contributed by atoms with Crippen molar-refractivity contribution in [1.82, 2.24) is 15.5 Å². The number of aromatic nitrogens is 2. The second kappa shape index (κ2) is 5.12. The van der Waals surface area contributed by atoms with Crippen molar-refractivity contribution in [2.45, 2.75) is 30.0 Å². The van der Waals surface area contributed by atoms with Crippen molar-refractivity contribution in [2.24, 2.45) is 0 Å². The topological polar surface area (TPSA) is 51.0 Å². The van der Waals surface area contributed by atoms with Crippen molar-refractivity contribution in [3.05, 3.63) is 41.5 Å². The Bertz CT molecular complexity index is 516. The fourth-order valence-corrected chi connectivity index (χ4v) is 3.41. The summed E-state index contributed by atoms with van der Waals surface area (Å²) in [6.07, 6.45) is 1.14. The third-order valence-corrected chi connectivity index (χ3v) is 4.26. The standard InChI is InChI=1S/C13H15N3OS/c1-9-15-13(16-17-9)8-14-7-11-6-10-4-2-3-5-12(10)18-11/h2-5,11,14H,6-8H2,1H3. The van der Waals surface area contributed by atoms with Gasteiger partial charge in [0.1, 0.15) is 0 Å². The number of aryl methyl sites for hydroxylation is 1. The molecule has 1 unspecified atom stereocenters. The summed E-state index contributed by atoms with van der Waals surface area (Å²) in [5.74, 6) is 1.35. The van der Waals surface area contributed by atoms with E-state index in [9.17, 15) is 0 Å². The molecular formula is C13H15N3OS. The molecule has 0 saturated carbocycles. The summed E-state index contributed by atoms with van der Waals surface area (Å²) >= 11 is 1.95. The first-order valence-corrected chi connectivity index (χ1v) is 6.94. The first-order chi connectivity index (χ1) is 8.81. The molecule has 0 spiro atoms. The van der Waals surface area contributed by atoms with Crippen molar-refractivity contribution in [3.8, 4) is 0 Å². The molecular weight excluding hydrogens is 246 g/mol. The minimum absolute atomic E-state index is 0.607. The zero-order valence-corrected chi connectivity index (χ0v) is 11.0. The van der Waals surface area contributed by atoms with Crippen LogP contribution in [0.25, 0.3) is 0 Å². The number of nitrogens with one attached hydrogen (secondary N) is 1. The summed E-state index contributed by atoms with van der Waals surface area (Å²) in [6.45, 7) is 3.44. The van der Waals surface area contributed by atoms with Gasteiger partial charge in [0.25, 0.3) is 0 Å². The molecule has 1 N–H and O–H groups in total. The Labute approximate surface area is 110 Å². The van der Waals surface area contributed by atoms with Crippen molar-refractivity contribution < 1.29 is 4.52 Å². The highest BCUT2D eigenvalue weighted by Crippen LogP contribution is 2.36. The molecule has 94 valence electrons. The molecule has 1 aromatic heterocycles. The second-order valence-corrected chi connectivity index (χ2v) is 5.75. The molecule has 0 saturated heterocycles. The van der Waals surface area contributed by atoms with Crippen LogP contribution in [0.3, 0.4) is 0 Å². The zero-order valence-electron chi connectivity index (χ0n) is 10.2. The SMILES string of the molecule is Cc1nc(CNCC2Cc3ccccc3S2)no1. The highest BCUT2D eigenvalue weighted by Gasteiger charge is 2.21. The van der Waals surface area contributed by atoms with Crippen LogP contribution >= 0.6 is 11.8 Å². The van der Waals surface area contributed by atoms with E-state index in [1.54, 1.807) is 6.92 Å². The Hall–Kier alpha value is -1.33. The molecule has 4 nitrogen and oxygen atoms in total. The lowest BCUT2D eigenvalue weighted by molar-refractivity contribution is 0.385. The Kier molecular flexibility index (Phi) is 3.34. The maximum absolute atomic E-state index is 4.93. The van der Waals surface area contributed by atoms with Crippen molar-refractivity contribution in [1.29, 1.82) is 0 Å². The lowest BCUT2D eigenvalue weighted by atomic mass is 10.1. The summed E-state index contributed by atoms with van der Waals surface area (Å²) < 4.78 is 4.93. The van der Waals surface area contributed by atoms with Crippen LogP contribution in [-0.2, 0) is 13.0 Å². The van der Waals surface area contributed by atoms with Gasteiger partial charge < -0.3 is 9.84 Å². The van der Waals surface area contributed by atoms with Gasteiger partial charge in [-0.2, -0.15) is 4.98 Å². The second-order valence-electron chi connectivity index (χ2n) is 4.41. The molecule has 1 aromatic carbocycles. The average molecular weight is 261 g/mol. The molecule has 0 amide bonds. The summed E-state index contributed by atoms with van der Waals surface area (Å²) in [7, 11) is 0. The van der Waals surface area contributed by atoms with E-state index in [1.807, 2.05) is 11.8 Å². The van der Waals surface area contributed by atoms with Crippen LogP contribution in [-0.4, -0.2) is 21.9 Å². The fraction of sp³-hybridized carbons (Fsp3) is 0.385. The molecule has 2 heterocycles. The summed E-state index contributed by atoms with van der Waals surface area (Å²) in [6, 6.07) is 8.62. The predicted molar refractivity (Wildman–Crippen MR) is 70.5 cm³/mol. The Morgan fingerprint density at radius 3 is 3.11 bits per heavy atom. The van der Waals surface area contributed by atoms with E-state index in [-0.39, 0.29) is 0 Å². The molecule has 2 aromatic rings. The Balaban J connectivity index is 1.48. The summed E-state index contributed by atoms with van der Waals surface area (Å²) in [5, 5.41) is 7.86. The zero-order chi connectivity index (χ0) is 12.4. The van der Waals surface area contributed by atoms with E-state index in [2.05, 4.69) is 39.7 Å². The molecule has 3 rings (SSSR count). The van der Waals surface area contributed by atoms with Gasteiger partial charge in [-0.25, -0.2) is 0 Å². The van der Waals surface area contributed by atoms with E-state index in [0.29, 0.717) is 17.7 Å². The smallest absolute Gasteiger partial charge is 0.223 e. The van der Waals surface area contributed by atoms with Crippen molar-refractivity contribution in [2.75, 3.05) is 6.54 Å². The Morgan fingerprint density at radius 2 is 2.33 bits per heavy atom. The van der Waals surface area contributed by atoms with Gasteiger partial charge in [0.05, 0.1) is 6.54 Å². The first kappa shape index (κ1) is 11.7. The van der Waals surface area contributed by atoms with Crippen LogP contribution in [0, 0.1) is 6.92 Å². The number of thioether (sulfide) groups is 1. The van der Waals surface area contributed by atoms with Crippen LogP contribution in [0.5, 0.6) is 0 Å². The quantitative estimate of drug-likeness (QED) is 0.914. The normalized spacial score (nSPS) is 17.9. The predicted octanol–water partition coefficient (Wildman–Crippen LogP) is 2.18. The lowest BCUT2D eigenvalue weighted by Gasteiger charge is -2.08. The van der Waals surface area contributed by atoms with Crippen LogP contribution in [0.1, 0.15) is 17.3 Å². The van der Waals surface area contributed by atoms with Gasteiger partial charge >= 0.3 is 0 Å². The van der Waals surface area contributed by atoms with E-state index in [0.717, 1.165) is 18.8 Å². The maximum Gasteiger partial charge on any atom is 0.223 e. The molecule has 0 fully saturated rings. The number of hydrogen-bond acceptors (Lipinski definition) is 5. The number of hydrogen-bond donors (Lipinski definition) is 1. The average Bonchev–Trinajstić information content (AvgIpc) is 2.95. The first-order valence-electron chi connectivity index (χ1n) is 6.06. The molecule has 5 heteroatoms. The number of fused-ring (bicyclic) bond motifs is 1. The summed E-state index contributed by atoms with van der Waals surface area (Å²) in [4.78, 5) is 5.58. The molecule has 1 atom stereocenters. The van der Waals surface area contributed by atoms with Gasteiger partial charge in [-0.1, -0.05) is 23.4 Å². The van der Waals surface area contributed by atoms with Gasteiger partial charge in [-0.15, -0.1) is 11.8 Å². The van der Waals surface area contributed by atoms with Gasteiger partial charge in [0, 0.05) is 23.6 Å². The van der Waals surface area contributed by atoms with E-state index in [4.69, 9.17) is 4.52 Å². The van der Waals surface area contributed by atoms with Crippen LogP contribution in [0.15, 0.2) is 33.7 Å². The number of benzene rings is 1. The Morgan fingerprint density at radius 1 is 1.44 bits per heavy atom. The van der Waals surface area contributed by atoms with Crippen molar-refractivity contribution in [3.63, 3.8) is 0 Å². The highest BCUT2D eigenvalue weighted by atomic mass is 32.2. The third-order valence-electron chi connectivity index (χ3n) is 2.94. The fourth-order valence-electron chi connectivity index (χ4n) is 2.13. The third kappa shape index (κ3) is 2.57. The number of rotatable bonds is 4. The van der Waals surface area contributed by atoms with Crippen LogP contribution in [0.4, 0.5) is 0 Å². The monoisotopic (exact) mass is 261 g/mol. The molecule has 0 bridgehead atoms. The van der Waals surface area contributed by atoms with Crippen LogP contribution < -0.4 is 5.32 Å². The van der Waals surface area contributed by atoms with Gasteiger partial charge in [-0.05, 0) is 18.1 Å². The molecule has 0 aliphatic carbocycles. The molecule has 0 radical (unpaired) electrons. The van der Waals surface area contributed by atoms with E-state index >= 15 is 0 Å². The molecule has 18 heavy (non-hydrogen) atoms. The van der Waals surface area contributed by atoms with Gasteiger partial charge in [-0.3, -0.25) is 0 Å². The highest BCUT2D eigenvalue weighted by molar-refractivity contribution is 8.00. The van der Waals surface area contributed by atoms with Gasteiger partial charge in [0.15, 0.2) is 5.82 Å². The van der Waals surface area contributed by atoms with Crippen LogP contribution in [0.2, 0.25) is 0 Å². The van der Waals surface area contributed by atoms with Gasteiger partial charge in [0.2, 0.25) is 5.89 Å². The maximum atomic E-state index is 4.93. The minimum Gasteiger partial charge on any atom is -0.340 e.